The van der Waals surface area contributed by atoms with Gasteiger partial charge in [0.05, 0.1) is 0 Å². The molecule has 0 aromatic carbocycles. The number of nitrogens with zero attached hydrogens (tertiary/aromatic N) is 1. The number of carbonyl (C=O) groups excluding carboxylic acids is 1. The molecule has 3 N–H and O–H groups in total. The first-order valence-corrected chi connectivity index (χ1v) is 8.48. The number of nitrogens with one attached hydrogen (secondary N) is 1. The Balaban J connectivity index is 4.23. The first-order valence-electron chi connectivity index (χ1n) is 7.09. The standard InChI is InChI=1S/C14H31N3O2S/c1-11(7-8-20-6)17(5)12(9-15)10-16-13(18)19-14(2,3)4/h11-12H,7-10,15H2,1-6H3,(H,16,18). The molecule has 20 heavy (non-hydrogen) atoms. The fourth-order valence-corrected chi connectivity index (χ4v) is 2.34. The highest BCUT2D eigenvalue weighted by atomic mass is 32.2. The summed E-state index contributed by atoms with van der Waals surface area (Å²) in [7, 11) is 2.05. The first-order chi connectivity index (χ1) is 9.21. The molecule has 0 aliphatic heterocycles. The zero-order valence-corrected chi connectivity index (χ0v) is 14.5. The molecule has 0 bridgehead atoms. The number of hydrogen-bond donors (Lipinski definition) is 2. The molecule has 5 nitrogen and oxygen atoms in total. The van der Waals surface area contributed by atoms with Crippen LogP contribution < -0.4 is 11.1 Å². The van der Waals surface area contributed by atoms with E-state index in [1.807, 2.05) is 32.5 Å². The number of alkyl carbamates (subject to hydrolysis) is 1. The number of nitrogens with two attached hydrogens (primary N) is 1. The summed E-state index contributed by atoms with van der Waals surface area (Å²) >= 11 is 1.84. The average molecular weight is 305 g/mol. The number of ether oxygens (including phenoxy) is 1. The van der Waals surface area contributed by atoms with Gasteiger partial charge in [0.25, 0.3) is 0 Å². The van der Waals surface area contributed by atoms with E-state index in [9.17, 15) is 4.79 Å². The van der Waals surface area contributed by atoms with Gasteiger partial charge >= 0.3 is 6.09 Å². The first kappa shape index (κ1) is 19.5. The summed E-state index contributed by atoms with van der Waals surface area (Å²) in [6, 6.07) is 0.566. The van der Waals surface area contributed by atoms with Gasteiger partial charge in [-0.2, -0.15) is 11.8 Å². The molecule has 0 saturated heterocycles. The van der Waals surface area contributed by atoms with Gasteiger partial charge in [-0.1, -0.05) is 0 Å². The predicted octanol–water partition coefficient (Wildman–Crippen LogP) is 1.91. The molecular formula is C14H31N3O2S. The monoisotopic (exact) mass is 305 g/mol. The van der Waals surface area contributed by atoms with Crippen LogP contribution in [0.5, 0.6) is 0 Å². The summed E-state index contributed by atoms with van der Waals surface area (Å²) in [5.41, 5.74) is 5.34. The number of carbonyl (C=O) groups is 1. The van der Waals surface area contributed by atoms with Gasteiger partial charge in [-0.3, -0.25) is 4.90 Å². The minimum atomic E-state index is -0.472. The Kier molecular flexibility index (Phi) is 9.25. The Hall–Kier alpha value is -0.460. The Labute approximate surface area is 128 Å². The smallest absolute Gasteiger partial charge is 0.407 e. The summed E-state index contributed by atoms with van der Waals surface area (Å²) < 4.78 is 5.23. The van der Waals surface area contributed by atoms with Gasteiger partial charge in [-0.15, -0.1) is 0 Å². The lowest BCUT2D eigenvalue weighted by Crippen LogP contribution is -2.50. The van der Waals surface area contributed by atoms with Crippen molar-refractivity contribution in [2.24, 2.45) is 5.73 Å². The van der Waals surface area contributed by atoms with Gasteiger partial charge in [-0.25, -0.2) is 4.79 Å². The maximum absolute atomic E-state index is 11.6. The van der Waals surface area contributed by atoms with E-state index in [4.69, 9.17) is 10.5 Å². The molecule has 6 heteroatoms. The quantitative estimate of drug-likeness (QED) is 0.717. The number of likely N-dealkylation sites (N-methyl/N-ethyl adjacent to an activating group) is 1. The molecular weight excluding hydrogens is 274 g/mol. The molecule has 2 atom stereocenters. The maximum Gasteiger partial charge on any atom is 0.407 e. The second kappa shape index (κ2) is 9.47. The van der Waals surface area contributed by atoms with Crippen LogP contribution in [0.4, 0.5) is 4.79 Å². The number of amides is 1. The van der Waals surface area contributed by atoms with Crippen LogP contribution in [0.2, 0.25) is 0 Å². The zero-order chi connectivity index (χ0) is 15.8. The van der Waals surface area contributed by atoms with Crippen LogP contribution in [0, 0.1) is 0 Å². The fourth-order valence-electron chi connectivity index (χ4n) is 1.76. The van der Waals surface area contributed by atoms with Crippen LogP contribution in [0.3, 0.4) is 0 Å². The lowest BCUT2D eigenvalue weighted by molar-refractivity contribution is 0.0506. The minimum absolute atomic E-state index is 0.124. The molecule has 0 aromatic heterocycles. The number of hydrogen-bond acceptors (Lipinski definition) is 5. The van der Waals surface area contributed by atoms with Gasteiger partial charge in [-0.05, 0) is 53.2 Å². The lowest BCUT2D eigenvalue weighted by Gasteiger charge is -2.32. The van der Waals surface area contributed by atoms with E-state index < -0.39 is 5.60 Å². The van der Waals surface area contributed by atoms with Crippen LogP contribution in [-0.4, -0.2) is 60.8 Å². The SMILES string of the molecule is CSCCC(C)N(C)C(CN)CNC(=O)OC(C)(C)C. The van der Waals surface area contributed by atoms with E-state index in [-0.39, 0.29) is 12.1 Å². The molecule has 2 unspecified atom stereocenters. The van der Waals surface area contributed by atoms with E-state index in [2.05, 4.69) is 30.4 Å². The molecule has 0 rings (SSSR count). The minimum Gasteiger partial charge on any atom is -0.444 e. The summed E-state index contributed by atoms with van der Waals surface area (Å²) in [5, 5.41) is 2.79. The Bertz CT molecular complexity index is 282. The largest absolute Gasteiger partial charge is 0.444 e. The van der Waals surface area contributed by atoms with Gasteiger partial charge in [0.15, 0.2) is 0 Å². The molecule has 0 aliphatic rings. The van der Waals surface area contributed by atoms with Gasteiger partial charge in [0.2, 0.25) is 0 Å². The normalized spacial score (nSPS) is 15.0. The molecule has 1 amide bonds. The van der Waals surface area contributed by atoms with Gasteiger partial charge in [0, 0.05) is 25.2 Å². The maximum atomic E-state index is 11.6. The second-order valence-electron chi connectivity index (χ2n) is 6.07. The summed E-state index contributed by atoms with van der Waals surface area (Å²) in [6.45, 7) is 8.75. The lowest BCUT2D eigenvalue weighted by atomic mass is 10.1. The van der Waals surface area contributed by atoms with Crippen molar-refractivity contribution in [1.82, 2.24) is 10.2 Å². The van der Waals surface area contributed by atoms with E-state index in [1.165, 1.54) is 0 Å². The summed E-state index contributed by atoms with van der Waals surface area (Å²) in [6.07, 6.45) is 2.83. The van der Waals surface area contributed by atoms with E-state index in [1.54, 1.807) is 0 Å². The van der Waals surface area contributed by atoms with Crippen molar-refractivity contribution in [1.29, 1.82) is 0 Å². The van der Waals surface area contributed by atoms with E-state index in [0.29, 0.717) is 19.1 Å². The van der Waals surface area contributed by atoms with Gasteiger partial charge < -0.3 is 15.8 Å². The molecule has 0 aliphatic carbocycles. The summed E-state index contributed by atoms with van der Waals surface area (Å²) in [5.74, 6) is 1.13. The third kappa shape index (κ3) is 8.66. The molecule has 0 heterocycles. The number of thioether (sulfide) groups is 1. The Morgan fingerprint density at radius 1 is 1.45 bits per heavy atom. The van der Waals surface area contributed by atoms with Crippen LogP contribution in [0.1, 0.15) is 34.1 Å². The van der Waals surface area contributed by atoms with E-state index in [0.717, 1.165) is 12.2 Å². The van der Waals surface area contributed by atoms with Crippen molar-refractivity contribution < 1.29 is 9.53 Å². The van der Waals surface area contributed by atoms with Crippen molar-refractivity contribution in [2.45, 2.75) is 51.8 Å². The molecule has 0 aromatic rings. The van der Waals surface area contributed by atoms with Crippen LogP contribution in [0.25, 0.3) is 0 Å². The average Bonchev–Trinajstić information content (AvgIpc) is 2.34. The van der Waals surface area contributed by atoms with Crippen molar-refractivity contribution in [3.05, 3.63) is 0 Å². The Morgan fingerprint density at radius 2 is 2.05 bits per heavy atom. The molecule has 0 spiro atoms. The molecule has 120 valence electrons. The van der Waals surface area contributed by atoms with Crippen molar-refractivity contribution in [2.75, 3.05) is 32.1 Å². The van der Waals surface area contributed by atoms with Crippen molar-refractivity contribution in [3.63, 3.8) is 0 Å². The zero-order valence-electron chi connectivity index (χ0n) is 13.7. The van der Waals surface area contributed by atoms with Gasteiger partial charge in [0.1, 0.15) is 5.60 Å². The van der Waals surface area contributed by atoms with Crippen LogP contribution in [-0.2, 0) is 4.74 Å². The summed E-state index contributed by atoms with van der Waals surface area (Å²) in [4.78, 5) is 13.9. The highest BCUT2D eigenvalue weighted by molar-refractivity contribution is 7.98. The van der Waals surface area contributed by atoms with Crippen molar-refractivity contribution in [3.8, 4) is 0 Å². The molecule has 0 fully saturated rings. The third-order valence-electron chi connectivity index (χ3n) is 3.16. The highest BCUT2D eigenvalue weighted by Crippen LogP contribution is 2.10. The third-order valence-corrected chi connectivity index (χ3v) is 3.81. The molecule has 0 radical (unpaired) electrons. The van der Waals surface area contributed by atoms with Crippen molar-refractivity contribution >= 4 is 17.9 Å². The Morgan fingerprint density at radius 3 is 2.50 bits per heavy atom. The fraction of sp³-hybridized carbons (Fsp3) is 0.929. The second-order valence-corrected chi connectivity index (χ2v) is 7.05. The number of rotatable bonds is 8. The molecule has 0 saturated carbocycles. The predicted molar refractivity (Wildman–Crippen MR) is 87.3 cm³/mol. The van der Waals surface area contributed by atoms with Crippen LogP contribution in [0.15, 0.2) is 0 Å². The van der Waals surface area contributed by atoms with E-state index >= 15 is 0 Å². The topological polar surface area (TPSA) is 67.6 Å². The highest BCUT2D eigenvalue weighted by Gasteiger charge is 2.21. The van der Waals surface area contributed by atoms with Crippen LogP contribution >= 0.6 is 11.8 Å².